The summed E-state index contributed by atoms with van der Waals surface area (Å²) >= 11 is 0. The lowest BCUT2D eigenvalue weighted by Gasteiger charge is -2.18. The van der Waals surface area contributed by atoms with Crippen molar-refractivity contribution in [2.75, 3.05) is 5.32 Å². The first-order chi connectivity index (χ1) is 10.3. The van der Waals surface area contributed by atoms with Crippen LogP contribution in [0.2, 0.25) is 0 Å². The largest absolute Gasteiger partial charge is 0.375 e. The summed E-state index contributed by atoms with van der Waals surface area (Å²) in [6.07, 6.45) is 4.51. The SMILES string of the molecule is CCC(Nc1ccc(C#N)c2ccccc12)c1ncc[nH]1. The number of nitrogens with one attached hydrogen (secondary N) is 2. The second kappa shape index (κ2) is 5.68. The average molecular weight is 276 g/mol. The summed E-state index contributed by atoms with van der Waals surface area (Å²) < 4.78 is 0. The molecule has 0 aliphatic rings. The number of fused-ring (bicyclic) bond motifs is 1. The van der Waals surface area contributed by atoms with E-state index in [9.17, 15) is 5.26 Å². The van der Waals surface area contributed by atoms with E-state index in [1.54, 1.807) is 6.20 Å². The minimum Gasteiger partial charge on any atom is -0.375 e. The molecule has 0 fully saturated rings. The third-order valence-electron chi connectivity index (χ3n) is 3.63. The Morgan fingerprint density at radius 3 is 2.71 bits per heavy atom. The number of H-pyrrole nitrogens is 1. The number of nitriles is 1. The zero-order chi connectivity index (χ0) is 14.7. The Morgan fingerprint density at radius 2 is 2.05 bits per heavy atom. The standard InChI is InChI=1S/C17H16N4/c1-2-15(17-19-9-10-20-17)21-16-8-7-12(11-18)13-5-3-4-6-14(13)16/h3-10,15,21H,2H2,1H3,(H,19,20). The smallest absolute Gasteiger partial charge is 0.128 e. The van der Waals surface area contributed by atoms with Gasteiger partial charge in [0.1, 0.15) is 5.82 Å². The van der Waals surface area contributed by atoms with Gasteiger partial charge < -0.3 is 10.3 Å². The number of hydrogen-bond acceptors (Lipinski definition) is 3. The summed E-state index contributed by atoms with van der Waals surface area (Å²) in [5, 5.41) is 14.8. The highest BCUT2D eigenvalue weighted by atomic mass is 15.0. The third-order valence-corrected chi connectivity index (χ3v) is 3.63. The van der Waals surface area contributed by atoms with Crippen molar-refractivity contribution in [1.82, 2.24) is 9.97 Å². The van der Waals surface area contributed by atoms with Crippen LogP contribution in [0.1, 0.15) is 30.8 Å². The van der Waals surface area contributed by atoms with E-state index < -0.39 is 0 Å². The van der Waals surface area contributed by atoms with E-state index in [2.05, 4.69) is 28.3 Å². The molecule has 0 aliphatic heterocycles. The molecule has 1 aromatic heterocycles. The van der Waals surface area contributed by atoms with Crippen molar-refractivity contribution in [3.05, 3.63) is 60.2 Å². The third kappa shape index (κ3) is 2.46. The quantitative estimate of drug-likeness (QED) is 0.757. The van der Waals surface area contributed by atoms with Crippen LogP contribution in [0.4, 0.5) is 5.69 Å². The summed E-state index contributed by atoms with van der Waals surface area (Å²) in [5.41, 5.74) is 1.72. The van der Waals surface area contributed by atoms with Gasteiger partial charge >= 0.3 is 0 Å². The first kappa shape index (κ1) is 13.2. The Kier molecular flexibility index (Phi) is 3.57. The highest BCUT2D eigenvalue weighted by Crippen LogP contribution is 2.29. The van der Waals surface area contributed by atoms with Crippen LogP contribution in [-0.4, -0.2) is 9.97 Å². The van der Waals surface area contributed by atoms with E-state index in [-0.39, 0.29) is 6.04 Å². The predicted octanol–water partition coefficient (Wildman–Crippen LogP) is 4.00. The number of hydrogen-bond donors (Lipinski definition) is 2. The highest BCUT2D eigenvalue weighted by molar-refractivity contribution is 5.97. The molecule has 4 heteroatoms. The normalized spacial score (nSPS) is 12.0. The molecule has 3 rings (SSSR count). The first-order valence-corrected chi connectivity index (χ1v) is 7.01. The molecule has 0 spiro atoms. The molecule has 1 heterocycles. The second-order valence-corrected chi connectivity index (χ2v) is 4.90. The monoisotopic (exact) mass is 276 g/mol. The maximum atomic E-state index is 9.22. The molecule has 1 unspecified atom stereocenters. The fourth-order valence-corrected chi connectivity index (χ4v) is 2.54. The molecule has 3 aromatic rings. The zero-order valence-corrected chi connectivity index (χ0v) is 11.8. The van der Waals surface area contributed by atoms with Gasteiger partial charge in [0.05, 0.1) is 17.7 Å². The average Bonchev–Trinajstić information content (AvgIpc) is 3.06. The summed E-state index contributed by atoms with van der Waals surface area (Å²) in [6, 6.07) is 14.2. The van der Waals surface area contributed by atoms with E-state index in [0.717, 1.165) is 28.7 Å². The van der Waals surface area contributed by atoms with E-state index >= 15 is 0 Å². The van der Waals surface area contributed by atoms with Gasteiger partial charge in [-0.25, -0.2) is 4.98 Å². The molecular formula is C17H16N4. The number of imidazole rings is 1. The van der Waals surface area contributed by atoms with E-state index in [1.807, 2.05) is 42.6 Å². The molecule has 0 aliphatic carbocycles. The van der Waals surface area contributed by atoms with Crippen LogP contribution in [0.3, 0.4) is 0 Å². The van der Waals surface area contributed by atoms with Crippen LogP contribution in [0.15, 0.2) is 48.8 Å². The minimum absolute atomic E-state index is 0.122. The first-order valence-electron chi connectivity index (χ1n) is 7.01. The molecule has 21 heavy (non-hydrogen) atoms. The van der Waals surface area contributed by atoms with Crippen LogP contribution in [0, 0.1) is 11.3 Å². The summed E-state index contributed by atoms with van der Waals surface area (Å²) in [7, 11) is 0. The molecule has 4 nitrogen and oxygen atoms in total. The van der Waals surface area contributed by atoms with Crippen molar-refractivity contribution < 1.29 is 0 Å². The highest BCUT2D eigenvalue weighted by Gasteiger charge is 2.13. The Morgan fingerprint density at radius 1 is 1.24 bits per heavy atom. The number of anilines is 1. The topological polar surface area (TPSA) is 64.5 Å². The van der Waals surface area contributed by atoms with Crippen LogP contribution in [-0.2, 0) is 0 Å². The Labute approximate surface area is 123 Å². The lowest BCUT2D eigenvalue weighted by molar-refractivity contribution is 0.705. The summed E-state index contributed by atoms with van der Waals surface area (Å²) in [6.45, 7) is 2.12. The lowest BCUT2D eigenvalue weighted by Crippen LogP contribution is -2.11. The van der Waals surface area contributed by atoms with E-state index in [4.69, 9.17) is 0 Å². The van der Waals surface area contributed by atoms with Crippen LogP contribution < -0.4 is 5.32 Å². The maximum absolute atomic E-state index is 9.22. The van der Waals surface area contributed by atoms with E-state index in [1.165, 1.54) is 0 Å². The number of rotatable bonds is 4. The van der Waals surface area contributed by atoms with E-state index in [0.29, 0.717) is 5.56 Å². The number of aromatic nitrogens is 2. The molecular weight excluding hydrogens is 260 g/mol. The minimum atomic E-state index is 0.122. The van der Waals surface area contributed by atoms with Crippen molar-refractivity contribution in [2.24, 2.45) is 0 Å². The second-order valence-electron chi connectivity index (χ2n) is 4.90. The van der Waals surface area contributed by atoms with Crippen molar-refractivity contribution in [3.63, 3.8) is 0 Å². The van der Waals surface area contributed by atoms with Crippen molar-refractivity contribution in [2.45, 2.75) is 19.4 Å². The molecule has 0 saturated heterocycles. The van der Waals surface area contributed by atoms with Crippen LogP contribution in [0.5, 0.6) is 0 Å². The predicted molar refractivity (Wildman–Crippen MR) is 83.9 cm³/mol. The fourth-order valence-electron chi connectivity index (χ4n) is 2.54. The molecule has 0 radical (unpaired) electrons. The molecule has 0 saturated carbocycles. The molecule has 1 atom stereocenters. The van der Waals surface area contributed by atoms with Gasteiger partial charge in [0.15, 0.2) is 0 Å². The number of benzene rings is 2. The molecule has 0 amide bonds. The Hall–Kier alpha value is -2.80. The van der Waals surface area contributed by atoms with Crippen molar-refractivity contribution >= 4 is 16.5 Å². The molecule has 2 N–H and O–H groups in total. The van der Waals surface area contributed by atoms with Gasteiger partial charge in [-0.2, -0.15) is 5.26 Å². The van der Waals surface area contributed by atoms with Gasteiger partial charge in [0.25, 0.3) is 0 Å². The number of aromatic amines is 1. The fraction of sp³-hybridized carbons (Fsp3) is 0.176. The van der Waals surface area contributed by atoms with Gasteiger partial charge in [-0.15, -0.1) is 0 Å². The zero-order valence-electron chi connectivity index (χ0n) is 11.8. The van der Waals surface area contributed by atoms with Crippen LogP contribution in [0.25, 0.3) is 10.8 Å². The van der Waals surface area contributed by atoms with Gasteiger partial charge in [-0.3, -0.25) is 0 Å². The maximum Gasteiger partial charge on any atom is 0.128 e. The molecule has 0 bridgehead atoms. The van der Waals surface area contributed by atoms with Gasteiger partial charge in [-0.1, -0.05) is 31.2 Å². The van der Waals surface area contributed by atoms with Gasteiger partial charge in [0, 0.05) is 28.9 Å². The van der Waals surface area contributed by atoms with Crippen molar-refractivity contribution in [1.29, 1.82) is 5.26 Å². The van der Waals surface area contributed by atoms with Crippen molar-refractivity contribution in [3.8, 4) is 6.07 Å². The number of nitrogens with zero attached hydrogens (tertiary/aromatic N) is 2. The van der Waals surface area contributed by atoms with Gasteiger partial charge in [0.2, 0.25) is 0 Å². The Bertz CT molecular complexity index is 784. The Balaban J connectivity index is 2.03. The summed E-state index contributed by atoms with van der Waals surface area (Å²) in [4.78, 5) is 7.48. The lowest BCUT2D eigenvalue weighted by atomic mass is 10.0. The van der Waals surface area contributed by atoms with Gasteiger partial charge in [-0.05, 0) is 18.6 Å². The molecule has 104 valence electrons. The summed E-state index contributed by atoms with van der Waals surface area (Å²) in [5.74, 6) is 0.922. The molecule has 2 aromatic carbocycles. The van der Waals surface area contributed by atoms with Crippen LogP contribution >= 0.6 is 0 Å².